The van der Waals surface area contributed by atoms with Crippen molar-refractivity contribution in [1.82, 2.24) is 0 Å². The van der Waals surface area contributed by atoms with Crippen molar-refractivity contribution in [2.75, 3.05) is 46.2 Å². The Kier molecular flexibility index (Phi) is 16.0. The van der Waals surface area contributed by atoms with Gasteiger partial charge in [-0.2, -0.15) is 0 Å². The first-order valence-electron chi connectivity index (χ1n) is 14.5. The highest BCUT2D eigenvalue weighted by Gasteiger charge is 2.49. The molecule has 0 aliphatic heterocycles. The van der Waals surface area contributed by atoms with E-state index in [9.17, 15) is 0 Å². The first kappa shape index (κ1) is 31.7. The summed E-state index contributed by atoms with van der Waals surface area (Å²) in [5, 5.41) is 2.57. The molecule has 2 aromatic carbocycles. The molecule has 5 heteroatoms. The van der Waals surface area contributed by atoms with Crippen molar-refractivity contribution in [3.8, 4) is 0 Å². The fraction of sp³-hybridized carbons (Fsp3) is 0.625. The van der Waals surface area contributed by atoms with E-state index in [2.05, 4.69) is 88.4 Å². The molecule has 0 spiro atoms. The minimum Gasteiger partial charge on any atom is -0.405 e. The van der Waals surface area contributed by atoms with E-state index in [4.69, 9.17) is 18.6 Å². The van der Waals surface area contributed by atoms with Crippen LogP contribution in [-0.2, 0) is 18.6 Å². The van der Waals surface area contributed by atoms with Crippen LogP contribution < -0.4 is 10.4 Å². The van der Waals surface area contributed by atoms with Crippen LogP contribution in [-0.4, -0.2) is 54.6 Å². The van der Waals surface area contributed by atoms with Gasteiger partial charge in [0.25, 0.3) is 8.32 Å². The van der Waals surface area contributed by atoms with E-state index in [1.54, 1.807) is 0 Å². The van der Waals surface area contributed by atoms with Crippen LogP contribution in [0.5, 0.6) is 0 Å². The summed E-state index contributed by atoms with van der Waals surface area (Å²) in [5.41, 5.74) is 0. The SMILES string of the molecule is CCCCCCCCCCOCCOCCOCCO[Si](c1ccccc1)(c1ccccc1)C(C)(C)C. The van der Waals surface area contributed by atoms with Gasteiger partial charge in [-0.25, -0.2) is 0 Å². The Balaban J connectivity index is 1.61. The molecule has 0 aliphatic carbocycles. The van der Waals surface area contributed by atoms with Crippen LogP contribution >= 0.6 is 0 Å². The smallest absolute Gasteiger partial charge is 0.261 e. The molecule has 37 heavy (non-hydrogen) atoms. The molecule has 2 rings (SSSR count). The summed E-state index contributed by atoms with van der Waals surface area (Å²) < 4.78 is 24.1. The van der Waals surface area contributed by atoms with Crippen LogP contribution in [0.15, 0.2) is 60.7 Å². The van der Waals surface area contributed by atoms with E-state index in [1.807, 2.05) is 0 Å². The van der Waals surface area contributed by atoms with Gasteiger partial charge in [-0.3, -0.25) is 0 Å². The second-order valence-corrected chi connectivity index (χ2v) is 15.1. The van der Waals surface area contributed by atoms with Gasteiger partial charge in [0.2, 0.25) is 0 Å². The highest BCUT2D eigenvalue weighted by atomic mass is 28.4. The van der Waals surface area contributed by atoms with Crippen molar-refractivity contribution in [2.24, 2.45) is 0 Å². The average molecular weight is 529 g/mol. The summed E-state index contributed by atoms with van der Waals surface area (Å²) >= 11 is 0. The van der Waals surface area contributed by atoms with Gasteiger partial charge < -0.3 is 18.6 Å². The summed E-state index contributed by atoms with van der Waals surface area (Å²) in [6.45, 7) is 13.6. The Morgan fingerprint density at radius 3 is 1.38 bits per heavy atom. The number of benzene rings is 2. The standard InChI is InChI=1S/C32H52O4Si/c1-5-6-7-8-9-10-11-18-23-33-24-25-34-26-27-35-28-29-36-37(32(2,3)4,30-19-14-12-15-20-30)31-21-16-13-17-22-31/h12-17,19-22H,5-11,18,23-29H2,1-4H3. The molecule has 0 bridgehead atoms. The average Bonchev–Trinajstić information content (AvgIpc) is 2.90. The molecule has 2 aromatic rings. The topological polar surface area (TPSA) is 36.9 Å². The molecule has 0 heterocycles. The Morgan fingerprint density at radius 2 is 0.919 bits per heavy atom. The first-order chi connectivity index (χ1) is 18.0. The Bertz CT molecular complexity index is 752. The maximum Gasteiger partial charge on any atom is 0.261 e. The predicted octanol–water partition coefficient (Wildman–Crippen LogP) is 6.75. The Hall–Kier alpha value is -1.50. The monoisotopic (exact) mass is 528 g/mol. The summed E-state index contributed by atoms with van der Waals surface area (Å²) in [6, 6.07) is 21.5. The molecule has 0 amide bonds. The molecular weight excluding hydrogens is 476 g/mol. The predicted molar refractivity (Wildman–Crippen MR) is 159 cm³/mol. The maximum absolute atomic E-state index is 6.84. The van der Waals surface area contributed by atoms with Crippen LogP contribution in [0, 0.1) is 0 Å². The largest absolute Gasteiger partial charge is 0.405 e. The van der Waals surface area contributed by atoms with Gasteiger partial charge in [0.05, 0.1) is 39.6 Å². The fourth-order valence-electron chi connectivity index (χ4n) is 4.90. The van der Waals surface area contributed by atoms with E-state index in [-0.39, 0.29) is 5.04 Å². The summed E-state index contributed by atoms with van der Waals surface area (Å²) in [7, 11) is -2.49. The third kappa shape index (κ3) is 11.4. The number of hydrogen-bond acceptors (Lipinski definition) is 4. The van der Waals surface area contributed by atoms with Crippen molar-refractivity contribution < 1.29 is 18.6 Å². The minimum atomic E-state index is -2.49. The second-order valence-electron chi connectivity index (χ2n) is 10.8. The number of unbranched alkanes of at least 4 members (excludes halogenated alkanes) is 7. The van der Waals surface area contributed by atoms with Crippen LogP contribution in [0.4, 0.5) is 0 Å². The summed E-state index contributed by atoms with van der Waals surface area (Å²) in [4.78, 5) is 0. The molecule has 0 aliphatic rings. The Labute approximate surface area is 228 Å². The minimum absolute atomic E-state index is 0.0204. The first-order valence-corrected chi connectivity index (χ1v) is 16.4. The van der Waals surface area contributed by atoms with E-state index < -0.39 is 8.32 Å². The summed E-state index contributed by atoms with van der Waals surface area (Å²) in [5.74, 6) is 0. The van der Waals surface area contributed by atoms with Gasteiger partial charge in [-0.05, 0) is 21.8 Å². The molecule has 0 saturated heterocycles. The molecule has 4 nitrogen and oxygen atoms in total. The maximum atomic E-state index is 6.84. The van der Waals surface area contributed by atoms with E-state index in [0.717, 1.165) is 13.0 Å². The molecule has 0 unspecified atom stereocenters. The molecule has 0 fully saturated rings. The lowest BCUT2D eigenvalue weighted by Crippen LogP contribution is -2.66. The van der Waals surface area contributed by atoms with Crippen molar-refractivity contribution in [2.45, 2.75) is 84.1 Å². The van der Waals surface area contributed by atoms with E-state index in [1.165, 1.54) is 55.3 Å². The highest BCUT2D eigenvalue weighted by Crippen LogP contribution is 2.36. The van der Waals surface area contributed by atoms with Gasteiger partial charge >= 0.3 is 0 Å². The molecular formula is C32H52O4Si. The van der Waals surface area contributed by atoms with E-state index in [0.29, 0.717) is 39.6 Å². The fourth-order valence-corrected chi connectivity index (χ4v) is 9.44. The van der Waals surface area contributed by atoms with Gasteiger partial charge in [0.1, 0.15) is 0 Å². The van der Waals surface area contributed by atoms with Crippen molar-refractivity contribution in [3.05, 3.63) is 60.7 Å². The highest BCUT2D eigenvalue weighted by molar-refractivity contribution is 6.99. The lowest BCUT2D eigenvalue weighted by atomic mass is 10.1. The Morgan fingerprint density at radius 1 is 0.514 bits per heavy atom. The zero-order valence-corrected chi connectivity index (χ0v) is 25.0. The number of ether oxygens (including phenoxy) is 3. The molecule has 0 N–H and O–H groups in total. The normalized spacial score (nSPS) is 12.2. The summed E-state index contributed by atoms with van der Waals surface area (Å²) in [6.07, 6.45) is 10.6. The zero-order chi connectivity index (χ0) is 26.7. The van der Waals surface area contributed by atoms with Crippen LogP contribution in [0.1, 0.15) is 79.1 Å². The van der Waals surface area contributed by atoms with E-state index >= 15 is 0 Å². The molecule has 0 saturated carbocycles. The molecule has 0 radical (unpaired) electrons. The second kappa shape index (κ2) is 18.7. The van der Waals surface area contributed by atoms with Crippen LogP contribution in [0.25, 0.3) is 0 Å². The molecule has 0 aromatic heterocycles. The van der Waals surface area contributed by atoms with Gasteiger partial charge in [0.15, 0.2) is 0 Å². The van der Waals surface area contributed by atoms with Crippen LogP contribution in [0.2, 0.25) is 5.04 Å². The zero-order valence-electron chi connectivity index (χ0n) is 24.0. The van der Waals surface area contributed by atoms with Gasteiger partial charge in [-0.15, -0.1) is 0 Å². The lowest BCUT2D eigenvalue weighted by Gasteiger charge is -2.43. The van der Waals surface area contributed by atoms with Gasteiger partial charge in [0, 0.05) is 6.61 Å². The number of hydrogen-bond donors (Lipinski definition) is 0. The lowest BCUT2D eigenvalue weighted by molar-refractivity contribution is 0.00822. The third-order valence-electron chi connectivity index (χ3n) is 6.85. The quantitative estimate of drug-likeness (QED) is 0.133. The third-order valence-corrected chi connectivity index (χ3v) is 11.9. The van der Waals surface area contributed by atoms with Crippen LogP contribution in [0.3, 0.4) is 0 Å². The number of rotatable bonds is 21. The van der Waals surface area contributed by atoms with Crippen molar-refractivity contribution in [1.29, 1.82) is 0 Å². The molecule has 0 atom stereocenters. The van der Waals surface area contributed by atoms with Gasteiger partial charge in [-0.1, -0.05) is 133 Å². The molecule has 208 valence electrons. The van der Waals surface area contributed by atoms with Crippen molar-refractivity contribution >= 4 is 18.7 Å². The van der Waals surface area contributed by atoms with Crippen molar-refractivity contribution in [3.63, 3.8) is 0 Å².